The smallest absolute Gasteiger partial charge is 0.238 e. The molecule has 3 fully saturated rings. The lowest BCUT2D eigenvalue weighted by atomic mass is 9.64. The van der Waals surface area contributed by atoms with Crippen molar-refractivity contribution < 1.29 is 19.8 Å². The van der Waals surface area contributed by atoms with Crippen LogP contribution in [0.4, 0.5) is 0 Å². The van der Waals surface area contributed by atoms with E-state index in [1.807, 2.05) is 27.7 Å². The molecule has 0 aromatic heterocycles. The van der Waals surface area contributed by atoms with Gasteiger partial charge in [-0.2, -0.15) is 0 Å². The summed E-state index contributed by atoms with van der Waals surface area (Å²) in [4.78, 5) is 28.8. The van der Waals surface area contributed by atoms with Crippen molar-refractivity contribution in [2.75, 3.05) is 0 Å². The topological polar surface area (TPSA) is 104 Å². The molecule has 3 saturated carbocycles. The molecule has 0 aromatic carbocycles. The Bertz CT molecular complexity index is 614. The summed E-state index contributed by atoms with van der Waals surface area (Å²) in [5.41, 5.74) is 2.73. The predicted molar refractivity (Wildman–Crippen MR) is 116 cm³/mol. The molecule has 0 spiro atoms. The maximum absolute atomic E-state index is 14.3. The van der Waals surface area contributed by atoms with Gasteiger partial charge in [-0.1, -0.05) is 47.0 Å². The molecule has 2 amide bonds. The second-order valence-corrected chi connectivity index (χ2v) is 11.0. The van der Waals surface area contributed by atoms with Gasteiger partial charge in [0.2, 0.25) is 11.8 Å². The van der Waals surface area contributed by atoms with Crippen molar-refractivity contribution in [3.8, 4) is 0 Å². The molecule has 6 nitrogen and oxygen atoms in total. The minimum atomic E-state index is -1.22. The number of hydrogen-bond acceptors (Lipinski definition) is 4. The molecule has 3 aliphatic carbocycles. The Morgan fingerprint density at radius 3 is 1.40 bits per heavy atom. The van der Waals surface area contributed by atoms with Gasteiger partial charge in [-0.25, -0.2) is 0 Å². The SMILES string of the molecule is CC(C)C(N(C(=O)C1(C(N)=O)CCCCC1)C(C(C)C)C1(O)CCC1)C1(O)CCC1. The average molecular weight is 423 g/mol. The molecule has 6 heteroatoms. The second kappa shape index (κ2) is 8.42. The number of carbonyl (C=O) groups excluding carboxylic acids is 2. The van der Waals surface area contributed by atoms with Crippen molar-refractivity contribution in [3.05, 3.63) is 0 Å². The van der Waals surface area contributed by atoms with Crippen LogP contribution < -0.4 is 5.73 Å². The molecule has 0 aliphatic heterocycles. The van der Waals surface area contributed by atoms with E-state index in [1.54, 1.807) is 4.90 Å². The maximum Gasteiger partial charge on any atom is 0.238 e. The van der Waals surface area contributed by atoms with Gasteiger partial charge in [0, 0.05) is 0 Å². The minimum Gasteiger partial charge on any atom is -0.388 e. The normalized spacial score (nSPS) is 26.4. The van der Waals surface area contributed by atoms with Crippen LogP contribution >= 0.6 is 0 Å². The van der Waals surface area contributed by atoms with Gasteiger partial charge in [0.05, 0.1) is 23.3 Å². The Labute approximate surface area is 181 Å². The minimum absolute atomic E-state index is 0.00214. The molecule has 0 saturated heterocycles. The van der Waals surface area contributed by atoms with Crippen molar-refractivity contribution in [2.24, 2.45) is 23.0 Å². The number of carbonyl (C=O) groups is 2. The van der Waals surface area contributed by atoms with Gasteiger partial charge in [0.1, 0.15) is 5.41 Å². The lowest BCUT2D eigenvalue weighted by molar-refractivity contribution is -0.197. The first-order chi connectivity index (χ1) is 14.0. The highest BCUT2D eigenvalue weighted by atomic mass is 16.3. The number of rotatable bonds is 8. The number of aliphatic hydroxyl groups is 2. The number of nitrogens with zero attached hydrogens (tertiary/aromatic N) is 1. The molecule has 4 N–H and O–H groups in total. The molecule has 0 bridgehead atoms. The second-order valence-electron chi connectivity index (χ2n) is 11.0. The van der Waals surface area contributed by atoms with Crippen molar-refractivity contribution in [1.29, 1.82) is 0 Å². The van der Waals surface area contributed by atoms with E-state index < -0.39 is 34.6 Å². The summed E-state index contributed by atoms with van der Waals surface area (Å²) < 4.78 is 0. The molecule has 172 valence electrons. The quantitative estimate of drug-likeness (QED) is 0.523. The Hall–Kier alpha value is -1.14. The van der Waals surface area contributed by atoms with E-state index in [1.165, 1.54) is 0 Å². The van der Waals surface area contributed by atoms with Crippen LogP contribution in [0.1, 0.15) is 98.3 Å². The summed E-state index contributed by atoms with van der Waals surface area (Å²) in [7, 11) is 0. The summed E-state index contributed by atoms with van der Waals surface area (Å²) in [6.45, 7) is 8.12. The van der Waals surface area contributed by atoms with Crippen LogP contribution in [0, 0.1) is 17.3 Å². The Morgan fingerprint density at radius 1 is 0.733 bits per heavy atom. The number of nitrogens with two attached hydrogens (primary N) is 1. The zero-order valence-electron chi connectivity index (χ0n) is 19.3. The van der Waals surface area contributed by atoms with Crippen LogP contribution in [0.5, 0.6) is 0 Å². The molecule has 2 atom stereocenters. The summed E-state index contributed by atoms with van der Waals surface area (Å²) in [6.07, 6.45) is 7.97. The third-order valence-electron chi connectivity index (χ3n) is 8.22. The van der Waals surface area contributed by atoms with Gasteiger partial charge >= 0.3 is 0 Å². The molecule has 3 rings (SSSR count). The molecule has 0 aromatic rings. The third kappa shape index (κ3) is 3.79. The fourth-order valence-corrected chi connectivity index (χ4v) is 6.46. The maximum atomic E-state index is 14.3. The molecular formula is C24H42N2O4. The van der Waals surface area contributed by atoms with Crippen LogP contribution in [0.3, 0.4) is 0 Å². The zero-order chi connectivity index (χ0) is 22.3. The van der Waals surface area contributed by atoms with Crippen molar-refractivity contribution in [3.63, 3.8) is 0 Å². The molecule has 3 aliphatic rings. The number of hydrogen-bond donors (Lipinski definition) is 3. The van der Waals surface area contributed by atoms with Crippen LogP contribution in [0.2, 0.25) is 0 Å². The first kappa shape index (κ1) is 23.5. The first-order valence-electron chi connectivity index (χ1n) is 12.1. The summed E-state index contributed by atoms with van der Waals surface area (Å²) in [5.74, 6) is -0.813. The molecule has 0 heterocycles. The zero-order valence-corrected chi connectivity index (χ0v) is 19.3. The van der Waals surface area contributed by atoms with Crippen LogP contribution in [-0.2, 0) is 9.59 Å². The predicted octanol–water partition coefficient (Wildman–Crippen LogP) is 3.13. The monoisotopic (exact) mass is 422 g/mol. The number of primary amides is 1. The summed E-state index contributed by atoms with van der Waals surface area (Å²) in [5, 5.41) is 23.0. The first-order valence-corrected chi connectivity index (χ1v) is 12.1. The van der Waals surface area contributed by atoms with Crippen molar-refractivity contribution in [2.45, 2.75) is 122 Å². The Morgan fingerprint density at radius 2 is 1.13 bits per heavy atom. The van der Waals surface area contributed by atoms with Crippen molar-refractivity contribution >= 4 is 11.8 Å². The van der Waals surface area contributed by atoms with E-state index in [-0.39, 0.29) is 17.7 Å². The third-order valence-corrected chi connectivity index (χ3v) is 8.22. The molecule has 0 radical (unpaired) electrons. The fraction of sp³-hybridized carbons (Fsp3) is 0.917. The standard InChI is InChI=1S/C24H42N2O4/c1-16(2)18(23(29)12-8-13-23)26(19(17(3)4)24(30)14-9-15-24)21(28)22(20(25)27)10-6-5-7-11-22/h16-19,29-30H,5-15H2,1-4H3,(H2,25,27). The average Bonchev–Trinajstić information content (AvgIpc) is 2.63. The highest BCUT2D eigenvalue weighted by Crippen LogP contribution is 2.49. The van der Waals surface area contributed by atoms with E-state index in [0.717, 1.165) is 32.1 Å². The van der Waals surface area contributed by atoms with Gasteiger partial charge < -0.3 is 20.8 Å². The highest BCUT2D eigenvalue weighted by molar-refractivity contribution is 6.04. The van der Waals surface area contributed by atoms with E-state index in [2.05, 4.69) is 0 Å². The van der Waals surface area contributed by atoms with Gasteiger partial charge in [0.25, 0.3) is 0 Å². The van der Waals surface area contributed by atoms with E-state index >= 15 is 0 Å². The molecule has 2 unspecified atom stereocenters. The largest absolute Gasteiger partial charge is 0.388 e. The van der Waals surface area contributed by atoms with Crippen LogP contribution in [-0.4, -0.2) is 50.2 Å². The van der Waals surface area contributed by atoms with Gasteiger partial charge in [0.15, 0.2) is 0 Å². The van der Waals surface area contributed by atoms with E-state index in [9.17, 15) is 19.8 Å². The highest BCUT2D eigenvalue weighted by Gasteiger charge is 2.59. The van der Waals surface area contributed by atoms with Crippen LogP contribution in [0.15, 0.2) is 0 Å². The van der Waals surface area contributed by atoms with Crippen LogP contribution in [0.25, 0.3) is 0 Å². The van der Waals surface area contributed by atoms with Crippen molar-refractivity contribution in [1.82, 2.24) is 4.90 Å². The molecule has 30 heavy (non-hydrogen) atoms. The van der Waals surface area contributed by atoms with E-state index in [0.29, 0.717) is 38.5 Å². The lowest BCUT2D eigenvalue weighted by Crippen LogP contribution is -2.72. The summed E-state index contributed by atoms with van der Waals surface area (Å²) in [6, 6.07) is -0.872. The Kier molecular flexibility index (Phi) is 6.60. The van der Waals surface area contributed by atoms with Gasteiger partial charge in [-0.15, -0.1) is 0 Å². The Balaban J connectivity index is 2.13. The van der Waals surface area contributed by atoms with E-state index in [4.69, 9.17) is 5.73 Å². The number of amides is 2. The lowest BCUT2D eigenvalue weighted by Gasteiger charge is -2.59. The van der Waals surface area contributed by atoms with Gasteiger partial charge in [-0.05, 0) is 63.2 Å². The molecular weight excluding hydrogens is 380 g/mol. The fourth-order valence-electron chi connectivity index (χ4n) is 6.46. The summed E-state index contributed by atoms with van der Waals surface area (Å²) >= 11 is 0. The van der Waals surface area contributed by atoms with Gasteiger partial charge in [-0.3, -0.25) is 9.59 Å².